The zero-order valence-corrected chi connectivity index (χ0v) is 14.9. The molecule has 1 aromatic carbocycles. The van der Waals surface area contributed by atoms with E-state index in [9.17, 15) is 14.4 Å². The van der Waals surface area contributed by atoms with Crippen LogP contribution in [0.4, 0.5) is 4.79 Å². The number of rotatable bonds is 4. The Morgan fingerprint density at radius 1 is 1.19 bits per heavy atom. The van der Waals surface area contributed by atoms with Crippen molar-refractivity contribution in [2.45, 2.75) is 38.6 Å². The van der Waals surface area contributed by atoms with Crippen LogP contribution in [0.2, 0.25) is 0 Å². The minimum absolute atomic E-state index is 0.0960. The molecule has 1 saturated heterocycles. The van der Waals surface area contributed by atoms with Gasteiger partial charge in [0, 0.05) is 17.7 Å². The van der Waals surface area contributed by atoms with Crippen LogP contribution in [-0.2, 0) is 9.59 Å². The van der Waals surface area contributed by atoms with Gasteiger partial charge in [0.1, 0.15) is 11.3 Å². The molecule has 1 saturated carbocycles. The first-order valence-electron chi connectivity index (χ1n) is 9.05. The normalized spacial score (nSPS) is 21.1. The molecule has 2 fully saturated rings. The van der Waals surface area contributed by atoms with E-state index in [1.165, 1.54) is 11.0 Å². The van der Waals surface area contributed by atoms with Crippen LogP contribution in [-0.4, -0.2) is 42.2 Å². The first-order chi connectivity index (χ1) is 13.1. The maximum Gasteiger partial charge on any atom is 0.331 e. The minimum atomic E-state index is -0.709. The predicted octanol–water partition coefficient (Wildman–Crippen LogP) is 2.22. The lowest BCUT2D eigenvalue weighted by molar-refractivity contribution is -0.131. The van der Waals surface area contributed by atoms with Gasteiger partial charge in [0.15, 0.2) is 11.5 Å². The minimum Gasteiger partial charge on any atom is -0.493 e. The number of imide groups is 2. The summed E-state index contributed by atoms with van der Waals surface area (Å²) in [5, 5.41) is 2.27. The van der Waals surface area contributed by atoms with Crippen LogP contribution < -0.4 is 19.5 Å². The van der Waals surface area contributed by atoms with Crippen molar-refractivity contribution < 1.29 is 28.6 Å². The van der Waals surface area contributed by atoms with Gasteiger partial charge in [-0.2, -0.15) is 0 Å². The fourth-order valence-electron chi connectivity index (χ4n) is 3.65. The summed E-state index contributed by atoms with van der Waals surface area (Å²) in [4.78, 5) is 38.6. The SMILES string of the molecule is CCOc1cc2c(cc1C=C1C(=O)NC(=O)N(C3CCCC3)C1=O)OCO2. The third kappa shape index (κ3) is 3.11. The second-order valence-corrected chi connectivity index (χ2v) is 6.61. The van der Waals surface area contributed by atoms with Crippen molar-refractivity contribution in [2.75, 3.05) is 13.4 Å². The first-order valence-corrected chi connectivity index (χ1v) is 9.05. The van der Waals surface area contributed by atoms with Crippen molar-refractivity contribution in [3.63, 3.8) is 0 Å². The van der Waals surface area contributed by atoms with E-state index in [2.05, 4.69) is 5.32 Å². The largest absolute Gasteiger partial charge is 0.493 e. The van der Waals surface area contributed by atoms with Gasteiger partial charge in [-0.25, -0.2) is 4.79 Å². The van der Waals surface area contributed by atoms with Crippen LogP contribution in [0.15, 0.2) is 17.7 Å². The van der Waals surface area contributed by atoms with Gasteiger partial charge in [0.25, 0.3) is 11.8 Å². The average molecular weight is 372 g/mol. The molecule has 8 heteroatoms. The van der Waals surface area contributed by atoms with Gasteiger partial charge >= 0.3 is 6.03 Å². The summed E-state index contributed by atoms with van der Waals surface area (Å²) in [5.74, 6) is 0.245. The van der Waals surface area contributed by atoms with Crippen molar-refractivity contribution in [2.24, 2.45) is 0 Å². The highest BCUT2D eigenvalue weighted by Crippen LogP contribution is 2.39. The molecule has 3 aliphatic rings. The number of ether oxygens (including phenoxy) is 3. The molecular formula is C19H20N2O6. The topological polar surface area (TPSA) is 94.2 Å². The number of carbonyl (C=O) groups excluding carboxylic acids is 3. The average Bonchev–Trinajstić information content (AvgIpc) is 3.30. The Morgan fingerprint density at radius 2 is 1.89 bits per heavy atom. The Bertz CT molecular complexity index is 841. The summed E-state index contributed by atoms with van der Waals surface area (Å²) in [6.45, 7) is 2.34. The number of nitrogens with zero attached hydrogens (tertiary/aromatic N) is 1. The lowest BCUT2D eigenvalue weighted by Crippen LogP contribution is -2.57. The highest BCUT2D eigenvalue weighted by Gasteiger charge is 2.40. The number of barbiturate groups is 1. The molecule has 2 aliphatic heterocycles. The summed E-state index contributed by atoms with van der Waals surface area (Å²) >= 11 is 0. The van der Waals surface area contributed by atoms with E-state index in [-0.39, 0.29) is 18.4 Å². The molecule has 0 atom stereocenters. The van der Waals surface area contributed by atoms with E-state index in [4.69, 9.17) is 14.2 Å². The summed E-state index contributed by atoms with van der Waals surface area (Å²) in [5.41, 5.74) is 0.418. The molecule has 4 amide bonds. The van der Waals surface area contributed by atoms with Crippen molar-refractivity contribution in [1.29, 1.82) is 0 Å². The lowest BCUT2D eigenvalue weighted by Gasteiger charge is -2.31. The van der Waals surface area contributed by atoms with Crippen LogP contribution in [0, 0.1) is 0 Å². The van der Waals surface area contributed by atoms with Gasteiger partial charge in [0.05, 0.1) is 6.61 Å². The third-order valence-corrected chi connectivity index (χ3v) is 4.93. The van der Waals surface area contributed by atoms with Crippen LogP contribution in [0.5, 0.6) is 17.2 Å². The fraction of sp³-hybridized carbons (Fsp3) is 0.421. The van der Waals surface area contributed by atoms with Gasteiger partial charge in [-0.1, -0.05) is 12.8 Å². The maximum absolute atomic E-state index is 12.9. The number of fused-ring (bicyclic) bond motifs is 1. The van der Waals surface area contributed by atoms with E-state index in [1.54, 1.807) is 12.1 Å². The molecule has 142 valence electrons. The van der Waals surface area contributed by atoms with Gasteiger partial charge < -0.3 is 14.2 Å². The van der Waals surface area contributed by atoms with Crippen molar-refractivity contribution in [1.82, 2.24) is 10.2 Å². The molecular weight excluding hydrogens is 352 g/mol. The van der Waals surface area contributed by atoms with Gasteiger partial charge in [-0.15, -0.1) is 0 Å². The summed E-state index contributed by atoms with van der Waals surface area (Å²) < 4.78 is 16.3. The summed E-state index contributed by atoms with van der Waals surface area (Å²) in [7, 11) is 0. The quantitative estimate of drug-likeness (QED) is 0.643. The molecule has 0 bridgehead atoms. The van der Waals surface area contributed by atoms with Crippen molar-refractivity contribution in [3.05, 3.63) is 23.3 Å². The van der Waals surface area contributed by atoms with Crippen LogP contribution >= 0.6 is 0 Å². The first kappa shape index (κ1) is 17.4. The predicted molar refractivity (Wildman–Crippen MR) is 94.4 cm³/mol. The Hall–Kier alpha value is -3.03. The maximum atomic E-state index is 12.9. The van der Waals surface area contributed by atoms with Crippen LogP contribution in [0.3, 0.4) is 0 Å². The van der Waals surface area contributed by atoms with E-state index < -0.39 is 17.8 Å². The number of amides is 4. The third-order valence-electron chi connectivity index (χ3n) is 4.93. The highest BCUT2D eigenvalue weighted by molar-refractivity contribution is 6.31. The van der Waals surface area contributed by atoms with Crippen molar-refractivity contribution in [3.8, 4) is 17.2 Å². The van der Waals surface area contributed by atoms with E-state index >= 15 is 0 Å². The zero-order chi connectivity index (χ0) is 19.0. The Morgan fingerprint density at radius 3 is 2.59 bits per heavy atom. The zero-order valence-electron chi connectivity index (χ0n) is 14.9. The molecule has 4 rings (SSSR count). The van der Waals surface area contributed by atoms with E-state index in [0.29, 0.717) is 29.4 Å². The van der Waals surface area contributed by atoms with Crippen LogP contribution in [0.25, 0.3) is 6.08 Å². The number of nitrogens with one attached hydrogen (secondary N) is 1. The lowest BCUT2D eigenvalue weighted by atomic mass is 10.0. The van der Waals surface area contributed by atoms with E-state index in [1.807, 2.05) is 6.92 Å². The summed E-state index contributed by atoms with van der Waals surface area (Å²) in [6.07, 6.45) is 4.89. The molecule has 27 heavy (non-hydrogen) atoms. The number of urea groups is 1. The number of benzene rings is 1. The molecule has 1 aromatic rings. The van der Waals surface area contributed by atoms with E-state index in [0.717, 1.165) is 25.7 Å². The van der Waals surface area contributed by atoms with Gasteiger partial charge in [0.2, 0.25) is 6.79 Å². The fourth-order valence-corrected chi connectivity index (χ4v) is 3.65. The van der Waals surface area contributed by atoms with Gasteiger partial charge in [-0.05, 0) is 31.9 Å². The second-order valence-electron chi connectivity index (χ2n) is 6.61. The standard InChI is InChI=1S/C19H20N2O6/c1-2-25-14-9-16-15(26-10-27-16)8-11(14)7-13-17(22)20-19(24)21(18(13)23)12-5-3-4-6-12/h7-9,12H,2-6,10H2,1H3,(H,20,22,24). The van der Waals surface area contributed by atoms with Gasteiger partial charge in [-0.3, -0.25) is 19.8 Å². The molecule has 0 unspecified atom stereocenters. The number of carbonyl (C=O) groups is 3. The second kappa shape index (κ2) is 6.94. The molecule has 0 radical (unpaired) electrons. The smallest absolute Gasteiger partial charge is 0.331 e. The number of hydrogen-bond donors (Lipinski definition) is 1. The van der Waals surface area contributed by atoms with Crippen molar-refractivity contribution >= 4 is 23.9 Å². The highest BCUT2D eigenvalue weighted by atomic mass is 16.7. The molecule has 2 heterocycles. The monoisotopic (exact) mass is 372 g/mol. The molecule has 1 aliphatic carbocycles. The molecule has 0 spiro atoms. The summed E-state index contributed by atoms with van der Waals surface area (Å²) in [6, 6.07) is 2.52. The molecule has 1 N–H and O–H groups in total. The Labute approximate surface area is 156 Å². The molecule has 0 aromatic heterocycles. The number of hydrogen-bond acceptors (Lipinski definition) is 6. The molecule has 8 nitrogen and oxygen atoms in total. The Balaban J connectivity index is 1.72. The Kier molecular flexibility index (Phi) is 4.47. The van der Waals surface area contributed by atoms with Crippen LogP contribution in [0.1, 0.15) is 38.2 Å².